The van der Waals surface area contributed by atoms with Crippen LogP contribution in [0.4, 0.5) is 0 Å². The van der Waals surface area contributed by atoms with Gasteiger partial charge in [-0.1, -0.05) is 71.6 Å². The van der Waals surface area contributed by atoms with Crippen LogP contribution in [0, 0.1) is 0 Å². The molecule has 0 rings (SSSR count). The van der Waals surface area contributed by atoms with Crippen molar-refractivity contribution >= 4 is 0 Å². The SMILES string of the molecule is CCCCCCCCC(CCCCC)OCCCN. The molecule has 0 aromatic heterocycles. The zero-order valence-corrected chi connectivity index (χ0v) is 13.5. The topological polar surface area (TPSA) is 35.2 Å². The van der Waals surface area contributed by atoms with E-state index in [2.05, 4.69) is 13.8 Å². The van der Waals surface area contributed by atoms with Gasteiger partial charge in [0.1, 0.15) is 0 Å². The Hall–Kier alpha value is -0.0800. The van der Waals surface area contributed by atoms with Crippen molar-refractivity contribution in [2.24, 2.45) is 5.73 Å². The molecular weight excluding hydrogens is 234 g/mol. The van der Waals surface area contributed by atoms with Gasteiger partial charge in [-0.2, -0.15) is 0 Å². The van der Waals surface area contributed by atoms with Gasteiger partial charge in [-0.15, -0.1) is 0 Å². The molecule has 2 N–H and O–H groups in total. The summed E-state index contributed by atoms with van der Waals surface area (Å²) in [5, 5.41) is 0. The number of nitrogens with two attached hydrogens (primary N) is 1. The zero-order chi connectivity index (χ0) is 14.2. The predicted octanol–water partition coefficient (Wildman–Crippen LogP) is 5.05. The van der Waals surface area contributed by atoms with Gasteiger partial charge in [0.15, 0.2) is 0 Å². The molecule has 0 spiro atoms. The van der Waals surface area contributed by atoms with Crippen LogP contribution >= 0.6 is 0 Å². The molecule has 1 unspecified atom stereocenters. The van der Waals surface area contributed by atoms with Crippen LogP contribution in [0.15, 0.2) is 0 Å². The highest BCUT2D eigenvalue weighted by Gasteiger charge is 2.08. The maximum Gasteiger partial charge on any atom is 0.0575 e. The van der Waals surface area contributed by atoms with E-state index in [1.807, 2.05) is 0 Å². The molecule has 19 heavy (non-hydrogen) atoms. The molecule has 0 fully saturated rings. The van der Waals surface area contributed by atoms with E-state index in [4.69, 9.17) is 10.5 Å². The molecule has 2 heteroatoms. The molecule has 0 aromatic carbocycles. The summed E-state index contributed by atoms with van der Waals surface area (Å²) in [6, 6.07) is 0. The quantitative estimate of drug-likeness (QED) is 0.423. The van der Waals surface area contributed by atoms with Gasteiger partial charge in [0.05, 0.1) is 6.10 Å². The van der Waals surface area contributed by atoms with E-state index in [0.29, 0.717) is 6.10 Å². The molecule has 0 aliphatic heterocycles. The molecule has 0 heterocycles. The van der Waals surface area contributed by atoms with E-state index < -0.39 is 0 Å². The highest BCUT2D eigenvalue weighted by Crippen LogP contribution is 2.15. The van der Waals surface area contributed by atoms with Gasteiger partial charge in [0, 0.05) is 6.61 Å². The standard InChI is InChI=1S/C17H37NO/c1-3-5-7-8-9-11-14-17(13-10-6-4-2)19-16-12-15-18/h17H,3-16,18H2,1-2H3. The lowest BCUT2D eigenvalue weighted by Crippen LogP contribution is -2.15. The molecule has 0 aliphatic rings. The summed E-state index contributed by atoms with van der Waals surface area (Å²) in [5.41, 5.74) is 5.52. The van der Waals surface area contributed by atoms with Crippen molar-refractivity contribution in [1.29, 1.82) is 0 Å². The van der Waals surface area contributed by atoms with Crippen LogP contribution < -0.4 is 5.73 Å². The fraction of sp³-hybridized carbons (Fsp3) is 1.00. The summed E-state index contributed by atoms with van der Waals surface area (Å²) in [6.07, 6.45) is 16.2. The van der Waals surface area contributed by atoms with Crippen LogP contribution in [0.25, 0.3) is 0 Å². The molecule has 0 aliphatic carbocycles. The molecule has 0 saturated heterocycles. The third kappa shape index (κ3) is 14.1. The second kappa shape index (κ2) is 16.0. The van der Waals surface area contributed by atoms with Gasteiger partial charge in [-0.05, 0) is 25.8 Å². The van der Waals surface area contributed by atoms with Crippen LogP contribution in [0.3, 0.4) is 0 Å². The van der Waals surface area contributed by atoms with Gasteiger partial charge in [-0.3, -0.25) is 0 Å². The van der Waals surface area contributed by atoms with E-state index in [0.717, 1.165) is 19.6 Å². The lowest BCUT2D eigenvalue weighted by Gasteiger charge is -2.17. The molecule has 0 bridgehead atoms. The van der Waals surface area contributed by atoms with Gasteiger partial charge in [0.2, 0.25) is 0 Å². The van der Waals surface area contributed by atoms with Crippen molar-refractivity contribution in [3.8, 4) is 0 Å². The zero-order valence-electron chi connectivity index (χ0n) is 13.5. The van der Waals surface area contributed by atoms with Gasteiger partial charge in [0.25, 0.3) is 0 Å². The van der Waals surface area contributed by atoms with Gasteiger partial charge in [-0.25, -0.2) is 0 Å². The first-order valence-electron chi connectivity index (χ1n) is 8.66. The third-order valence-corrected chi connectivity index (χ3v) is 3.71. The average molecular weight is 271 g/mol. The molecular formula is C17H37NO. The maximum atomic E-state index is 5.98. The Bertz CT molecular complexity index is 151. The Morgan fingerprint density at radius 3 is 1.89 bits per heavy atom. The Morgan fingerprint density at radius 2 is 1.26 bits per heavy atom. The summed E-state index contributed by atoms with van der Waals surface area (Å²) in [6.45, 7) is 6.13. The number of unbranched alkanes of at least 4 members (excludes halogenated alkanes) is 7. The Kier molecular flexibility index (Phi) is 15.9. The maximum absolute atomic E-state index is 5.98. The Balaban J connectivity index is 3.58. The predicted molar refractivity (Wildman–Crippen MR) is 85.5 cm³/mol. The molecule has 116 valence electrons. The fourth-order valence-electron chi connectivity index (χ4n) is 2.42. The van der Waals surface area contributed by atoms with E-state index >= 15 is 0 Å². The first kappa shape index (κ1) is 18.9. The second-order valence-electron chi connectivity index (χ2n) is 5.69. The summed E-state index contributed by atoms with van der Waals surface area (Å²) in [5.74, 6) is 0. The van der Waals surface area contributed by atoms with Crippen molar-refractivity contribution in [3.05, 3.63) is 0 Å². The van der Waals surface area contributed by atoms with Crippen molar-refractivity contribution < 1.29 is 4.74 Å². The Labute approximate surface area is 121 Å². The van der Waals surface area contributed by atoms with Gasteiger partial charge < -0.3 is 10.5 Å². The highest BCUT2D eigenvalue weighted by atomic mass is 16.5. The second-order valence-corrected chi connectivity index (χ2v) is 5.69. The minimum atomic E-state index is 0.490. The summed E-state index contributed by atoms with van der Waals surface area (Å²) in [4.78, 5) is 0. The molecule has 0 radical (unpaired) electrons. The molecule has 0 amide bonds. The monoisotopic (exact) mass is 271 g/mol. The smallest absolute Gasteiger partial charge is 0.0575 e. The van der Waals surface area contributed by atoms with Crippen molar-refractivity contribution in [1.82, 2.24) is 0 Å². The molecule has 0 saturated carbocycles. The fourth-order valence-corrected chi connectivity index (χ4v) is 2.42. The lowest BCUT2D eigenvalue weighted by atomic mass is 10.0. The van der Waals surface area contributed by atoms with Crippen molar-refractivity contribution in [2.75, 3.05) is 13.2 Å². The van der Waals surface area contributed by atoms with E-state index in [1.165, 1.54) is 70.6 Å². The van der Waals surface area contributed by atoms with Crippen LogP contribution in [0.1, 0.15) is 90.9 Å². The molecule has 1 atom stereocenters. The lowest BCUT2D eigenvalue weighted by molar-refractivity contribution is 0.0377. The Morgan fingerprint density at radius 1 is 0.737 bits per heavy atom. The van der Waals surface area contributed by atoms with Gasteiger partial charge >= 0.3 is 0 Å². The highest BCUT2D eigenvalue weighted by molar-refractivity contribution is 4.60. The molecule has 2 nitrogen and oxygen atoms in total. The number of rotatable bonds is 15. The van der Waals surface area contributed by atoms with Crippen LogP contribution in [-0.2, 0) is 4.74 Å². The largest absolute Gasteiger partial charge is 0.378 e. The van der Waals surface area contributed by atoms with E-state index in [9.17, 15) is 0 Å². The summed E-state index contributed by atoms with van der Waals surface area (Å²) in [7, 11) is 0. The number of ether oxygens (including phenoxy) is 1. The normalized spacial score (nSPS) is 12.8. The first-order valence-corrected chi connectivity index (χ1v) is 8.66. The minimum Gasteiger partial charge on any atom is -0.378 e. The van der Waals surface area contributed by atoms with Crippen molar-refractivity contribution in [3.63, 3.8) is 0 Å². The number of hydrogen-bond donors (Lipinski definition) is 1. The van der Waals surface area contributed by atoms with E-state index in [1.54, 1.807) is 0 Å². The van der Waals surface area contributed by atoms with Crippen LogP contribution in [0.5, 0.6) is 0 Å². The third-order valence-electron chi connectivity index (χ3n) is 3.71. The van der Waals surface area contributed by atoms with Crippen LogP contribution in [-0.4, -0.2) is 19.3 Å². The summed E-state index contributed by atoms with van der Waals surface area (Å²) < 4.78 is 5.98. The van der Waals surface area contributed by atoms with Crippen molar-refractivity contribution in [2.45, 2.75) is 97.0 Å². The minimum absolute atomic E-state index is 0.490. The van der Waals surface area contributed by atoms with Crippen LogP contribution in [0.2, 0.25) is 0 Å². The first-order chi connectivity index (χ1) is 9.35. The molecule has 0 aromatic rings. The average Bonchev–Trinajstić information content (AvgIpc) is 2.42. The number of hydrogen-bond acceptors (Lipinski definition) is 2. The summed E-state index contributed by atoms with van der Waals surface area (Å²) >= 11 is 0. The van der Waals surface area contributed by atoms with E-state index in [-0.39, 0.29) is 0 Å².